The SMILES string of the molecule is COc1cccc(Cl)c1[C@H]1C[C@H](Cl)C(=O)N1Cc1ccc(OC(F)(F)F)cc1. The van der Waals surface area contributed by atoms with Gasteiger partial charge in [0, 0.05) is 17.1 Å². The van der Waals surface area contributed by atoms with E-state index in [1.807, 2.05) is 0 Å². The van der Waals surface area contributed by atoms with E-state index in [0.29, 0.717) is 28.3 Å². The minimum Gasteiger partial charge on any atom is -0.496 e. The largest absolute Gasteiger partial charge is 0.573 e. The number of halogens is 5. The summed E-state index contributed by atoms with van der Waals surface area (Å²) in [5, 5.41) is -0.277. The van der Waals surface area contributed by atoms with Gasteiger partial charge in [-0.1, -0.05) is 29.8 Å². The quantitative estimate of drug-likeness (QED) is 0.598. The summed E-state index contributed by atoms with van der Waals surface area (Å²) in [7, 11) is 1.51. The Kier molecular flexibility index (Phi) is 5.95. The first-order valence-electron chi connectivity index (χ1n) is 8.31. The van der Waals surface area contributed by atoms with Crippen LogP contribution in [0.2, 0.25) is 5.02 Å². The lowest BCUT2D eigenvalue weighted by molar-refractivity contribution is -0.274. The van der Waals surface area contributed by atoms with Crippen LogP contribution in [0.25, 0.3) is 0 Å². The number of methoxy groups -OCH3 is 1. The van der Waals surface area contributed by atoms with E-state index in [1.54, 1.807) is 23.1 Å². The summed E-state index contributed by atoms with van der Waals surface area (Å²) < 4.78 is 46.1. The minimum atomic E-state index is -4.76. The van der Waals surface area contributed by atoms with E-state index in [1.165, 1.54) is 31.4 Å². The van der Waals surface area contributed by atoms with Crippen molar-refractivity contribution in [3.8, 4) is 11.5 Å². The standard InChI is InChI=1S/C19H16Cl2F3NO3/c1-27-16-4-2-3-13(20)17(16)15-9-14(21)18(26)25(15)10-11-5-7-12(8-6-11)28-19(22,23)24/h2-8,14-15H,9-10H2,1H3/t14-,15+/m0/s1. The van der Waals surface area contributed by atoms with E-state index < -0.39 is 17.8 Å². The summed E-state index contributed by atoms with van der Waals surface area (Å²) in [5.74, 6) is -0.0669. The van der Waals surface area contributed by atoms with Crippen LogP contribution < -0.4 is 9.47 Å². The maximum absolute atomic E-state index is 12.6. The summed E-state index contributed by atoms with van der Waals surface area (Å²) in [6.07, 6.45) is -4.42. The fourth-order valence-electron chi connectivity index (χ4n) is 3.23. The van der Waals surface area contributed by atoms with Gasteiger partial charge in [-0.15, -0.1) is 24.8 Å². The number of ether oxygens (including phenoxy) is 2. The van der Waals surface area contributed by atoms with Crippen LogP contribution in [-0.4, -0.2) is 29.7 Å². The van der Waals surface area contributed by atoms with Crippen molar-refractivity contribution < 1.29 is 27.4 Å². The van der Waals surface area contributed by atoms with Crippen LogP contribution >= 0.6 is 23.2 Å². The van der Waals surface area contributed by atoms with Gasteiger partial charge in [-0.3, -0.25) is 4.79 Å². The lowest BCUT2D eigenvalue weighted by atomic mass is 10.0. The van der Waals surface area contributed by atoms with Gasteiger partial charge in [-0.2, -0.15) is 0 Å². The number of carbonyl (C=O) groups excluding carboxylic acids is 1. The fraction of sp³-hybridized carbons (Fsp3) is 0.316. The zero-order valence-electron chi connectivity index (χ0n) is 14.7. The molecule has 0 unspecified atom stereocenters. The number of rotatable bonds is 5. The molecule has 0 N–H and O–H groups in total. The smallest absolute Gasteiger partial charge is 0.496 e. The highest BCUT2D eigenvalue weighted by atomic mass is 35.5. The second kappa shape index (κ2) is 8.09. The minimum absolute atomic E-state index is 0.160. The van der Waals surface area contributed by atoms with Crippen molar-refractivity contribution in [3.05, 3.63) is 58.6 Å². The maximum atomic E-state index is 12.6. The van der Waals surface area contributed by atoms with E-state index in [9.17, 15) is 18.0 Å². The lowest BCUT2D eigenvalue weighted by Crippen LogP contribution is -2.29. The second-order valence-corrected chi connectivity index (χ2v) is 7.17. The molecule has 2 atom stereocenters. The van der Waals surface area contributed by atoms with E-state index in [-0.39, 0.29) is 18.2 Å². The first-order valence-corrected chi connectivity index (χ1v) is 9.12. The number of hydrogen-bond donors (Lipinski definition) is 0. The lowest BCUT2D eigenvalue weighted by Gasteiger charge is -2.27. The molecule has 1 aliphatic rings. The second-order valence-electron chi connectivity index (χ2n) is 6.23. The van der Waals surface area contributed by atoms with Crippen molar-refractivity contribution in [1.82, 2.24) is 4.90 Å². The molecule has 9 heteroatoms. The Hall–Kier alpha value is -2.12. The molecule has 3 rings (SSSR count). The van der Waals surface area contributed by atoms with Gasteiger partial charge < -0.3 is 14.4 Å². The molecular formula is C19H16Cl2F3NO3. The number of hydrogen-bond acceptors (Lipinski definition) is 3. The molecule has 0 bridgehead atoms. The Balaban J connectivity index is 1.86. The molecule has 4 nitrogen and oxygen atoms in total. The molecule has 1 heterocycles. The van der Waals surface area contributed by atoms with Gasteiger partial charge in [0.05, 0.1) is 13.2 Å². The normalized spacial score (nSPS) is 19.8. The average Bonchev–Trinajstić information content (AvgIpc) is 2.90. The van der Waals surface area contributed by atoms with Crippen molar-refractivity contribution in [2.24, 2.45) is 0 Å². The molecule has 150 valence electrons. The van der Waals surface area contributed by atoms with Gasteiger partial charge in [0.25, 0.3) is 0 Å². The third-order valence-corrected chi connectivity index (χ3v) is 5.13. The van der Waals surface area contributed by atoms with Gasteiger partial charge in [-0.05, 0) is 36.2 Å². The van der Waals surface area contributed by atoms with Crippen molar-refractivity contribution in [2.75, 3.05) is 7.11 Å². The van der Waals surface area contributed by atoms with E-state index >= 15 is 0 Å². The average molecular weight is 434 g/mol. The Bertz CT molecular complexity index is 858. The first-order chi connectivity index (χ1) is 13.2. The summed E-state index contributed by atoms with van der Waals surface area (Å²) >= 11 is 12.5. The van der Waals surface area contributed by atoms with Crippen LogP contribution in [0.4, 0.5) is 13.2 Å². The van der Waals surface area contributed by atoms with Crippen LogP contribution in [0.15, 0.2) is 42.5 Å². The monoisotopic (exact) mass is 433 g/mol. The van der Waals surface area contributed by atoms with Crippen molar-refractivity contribution in [2.45, 2.75) is 30.7 Å². The van der Waals surface area contributed by atoms with Crippen LogP contribution in [0.3, 0.4) is 0 Å². The molecule has 0 radical (unpaired) electrons. The summed E-state index contributed by atoms with van der Waals surface area (Å²) in [6, 6.07) is 10.1. The Morgan fingerprint density at radius 2 is 1.86 bits per heavy atom. The zero-order valence-corrected chi connectivity index (χ0v) is 16.2. The van der Waals surface area contributed by atoms with Gasteiger partial charge in [0.2, 0.25) is 5.91 Å². The Morgan fingerprint density at radius 3 is 2.46 bits per heavy atom. The molecule has 2 aromatic carbocycles. The molecule has 0 aromatic heterocycles. The number of alkyl halides is 4. The van der Waals surface area contributed by atoms with Crippen LogP contribution in [0, 0.1) is 0 Å². The van der Waals surface area contributed by atoms with Crippen molar-refractivity contribution in [3.63, 3.8) is 0 Å². The molecule has 1 saturated heterocycles. The van der Waals surface area contributed by atoms with Gasteiger partial charge in [0.15, 0.2) is 0 Å². The number of benzene rings is 2. The fourth-order valence-corrected chi connectivity index (χ4v) is 3.82. The predicted octanol–water partition coefficient (Wildman–Crippen LogP) is 5.33. The molecule has 2 aromatic rings. The zero-order chi connectivity index (χ0) is 20.5. The first kappa shape index (κ1) is 20.6. The molecule has 28 heavy (non-hydrogen) atoms. The van der Waals surface area contributed by atoms with Crippen molar-refractivity contribution in [1.29, 1.82) is 0 Å². The molecule has 1 fully saturated rings. The van der Waals surface area contributed by atoms with Gasteiger partial charge >= 0.3 is 6.36 Å². The van der Waals surface area contributed by atoms with E-state index in [2.05, 4.69) is 4.74 Å². The third kappa shape index (κ3) is 4.47. The molecule has 0 saturated carbocycles. The highest BCUT2D eigenvalue weighted by Crippen LogP contribution is 2.43. The molecular weight excluding hydrogens is 418 g/mol. The number of amides is 1. The topological polar surface area (TPSA) is 38.8 Å². The molecule has 0 aliphatic carbocycles. The Labute approximate surface area is 169 Å². The highest BCUT2D eigenvalue weighted by molar-refractivity contribution is 6.32. The maximum Gasteiger partial charge on any atom is 0.573 e. The van der Waals surface area contributed by atoms with E-state index in [4.69, 9.17) is 27.9 Å². The number of likely N-dealkylation sites (tertiary alicyclic amines) is 1. The van der Waals surface area contributed by atoms with Crippen LogP contribution in [0.5, 0.6) is 11.5 Å². The molecule has 1 aliphatic heterocycles. The van der Waals surface area contributed by atoms with Crippen LogP contribution in [0.1, 0.15) is 23.6 Å². The number of carbonyl (C=O) groups is 1. The molecule has 0 spiro atoms. The third-order valence-electron chi connectivity index (χ3n) is 4.43. The van der Waals surface area contributed by atoms with Crippen LogP contribution in [-0.2, 0) is 11.3 Å². The number of nitrogens with zero attached hydrogens (tertiary/aromatic N) is 1. The van der Waals surface area contributed by atoms with Crippen molar-refractivity contribution >= 4 is 29.1 Å². The highest BCUT2D eigenvalue weighted by Gasteiger charge is 2.41. The summed E-state index contributed by atoms with van der Waals surface area (Å²) in [5.41, 5.74) is 1.28. The predicted molar refractivity (Wildman–Crippen MR) is 98.7 cm³/mol. The summed E-state index contributed by atoms with van der Waals surface area (Å²) in [4.78, 5) is 14.2. The van der Waals surface area contributed by atoms with Gasteiger partial charge in [0.1, 0.15) is 16.9 Å². The van der Waals surface area contributed by atoms with E-state index in [0.717, 1.165) is 0 Å². The van der Waals surface area contributed by atoms with Gasteiger partial charge in [-0.25, -0.2) is 0 Å². The Morgan fingerprint density at radius 1 is 1.18 bits per heavy atom. The summed E-state index contributed by atoms with van der Waals surface area (Å²) in [6.45, 7) is 0.160. The molecule has 1 amide bonds.